The van der Waals surface area contributed by atoms with E-state index in [0.29, 0.717) is 0 Å². The summed E-state index contributed by atoms with van der Waals surface area (Å²) in [5.41, 5.74) is 4.17. The number of nitrogens with zero attached hydrogens (tertiary/aromatic N) is 3. The maximum Gasteiger partial charge on any atom is 0.0724 e. The van der Waals surface area contributed by atoms with Crippen molar-refractivity contribution in [3.05, 3.63) is 41.2 Å². The summed E-state index contributed by atoms with van der Waals surface area (Å²) < 4.78 is 0. The van der Waals surface area contributed by atoms with E-state index >= 15 is 0 Å². The van der Waals surface area contributed by atoms with Gasteiger partial charge in [-0.2, -0.15) is 5.10 Å². The molecule has 2 N–H and O–H groups in total. The van der Waals surface area contributed by atoms with E-state index in [4.69, 9.17) is 0 Å². The van der Waals surface area contributed by atoms with Gasteiger partial charge in [0.25, 0.3) is 0 Å². The van der Waals surface area contributed by atoms with E-state index in [2.05, 4.69) is 25.5 Å². The number of rotatable bonds is 4. The molecule has 5 heteroatoms. The van der Waals surface area contributed by atoms with Gasteiger partial charge in [-0.15, -0.1) is 0 Å². The molecule has 5 nitrogen and oxygen atoms in total. The summed E-state index contributed by atoms with van der Waals surface area (Å²) in [5.74, 6) is 0. The molecule has 0 fully saturated rings. The Labute approximate surface area is 94.3 Å². The lowest BCUT2D eigenvalue weighted by molar-refractivity contribution is 0.674. The molecule has 0 aliphatic heterocycles. The molecule has 0 aromatic carbocycles. The van der Waals surface area contributed by atoms with Crippen molar-refractivity contribution in [2.24, 2.45) is 0 Å². The molecular weight excluding hydrogens is 202 g/mol. The van der Waals surface area contributed by atoms with Crippen LogP contribution < -0.4 is 5.32 Å². The van der Waals surface area contributed by atoms with E-state index in [1.165, 1.54) is 5.56 Å². The summed E-state index contributed by atoms with van der Waals surface area (Å²) in [7, 11) is 0. The van der Waals surface area contributed by atoms with Gasteiger partial charge in [0, 0.05) is 36.7 Å². The lowest BCUT2D eigenvalue weighted by Crippen LogP contribution is -2.14. The highest BCUT2D eigenvalue weighted by Crippen LogP contribution is 2.02. The third kappa shape index (κ3) is 2.64. The van der Waals surface area contributed by atoms with E-state index in [1.807, 2.05) is 20.0 Å². The highest BCUT2D eigenvalue weighted by atomic mass is 15.1. The fourth-order valence-corrected chi connectivity index (χ4v) is 1.39. The summed E-state index contributed by atoms with van der Waals surface area (Å²) in [5, 5.41) is 10.2. The summed E-state index contributed by atoms with van der Waals surface area (Å²) in [6.07, 6.45) is 5.41. The molecule has 0 amide bonds. The van der Waals surface area contributed by atoms with Gasteiger partial charge in [0.15, 0.2) is 0 Å². The van der Waals surface area contributed by atoms with Gasteiger partial charge in [-0.1, -0.05) is 0 Å². The largest absolute Gasteiger partial charge is 0.307 e. The Morgan fingerprint density at radius 3 is 2.62 bits per heavy atom. The molecule has 0 saturated heterocycles. The van der Waals surface area contributed by atoms with Gasteiger partial charge in [0.05, 0.1) is 17.6 Å². The van der Waals surface area contributed by atoms with E-state index in [1.54, 1.807) is 12.4 Å². The van der Waals surface area contributed by atoms with Crippen LogP contribution in [-0.2, 0) is 13.1 Å². The fraction of sp³-hybridized carbons (Fsp3) is 0.364. The second-order valence-corrected chi connectivity index (χ2v) is 3.77. The van der Waals surface area contributed by atoms with Crippen molar-refractivity contribution in [1.29, 1.82) is 0 Å². The quantitative estimate of drug-likeness (QED) is 0.805. The van der Waals surface area contributed by atoms with Crippen LogP contribution in [0.1, 0.15) is 22.6 Å². The van der Waals surface area contributed by atoms with Gasteiger partial charge in [-0.25, -0.2) is 0 Å². The third-order valence-corrected chi connectivity index (χ3v) is 2.39. The van der Waals surface area contributed by atoms with Crippen LogP contribution in [0.4, 0.5) is 0 Å². The minimum atomic E-state index is 0.720. The summed E-state index contributed by atoms with van der Waals surface area (Å²) in [4.78, 5) is 8.46. The zero-order valence-electron chi connectivity index (χ0n) is 9.49. The first-order valence-corrected chi connectivity index (χ1v) is 5.23. The van der Waals surface area contributed by atoms with Crippen LogP contribution >= 0.6 is 0 Å². The molecule has 0 radical (unpaired) electrons. The number of aryl methyl sites for hydroxylation is 2. The van der Waals surface area contributed by atoms with Crippen molar-refractivity contribution in [1.82, 2.24) is 25.5 Å². The molecule has 2 rings (SSSR count). The number of hydrogen-bond acceptors (Lipinski definition) is 4. The molecule has 0 aliphatic rings. The first kappa shape index (κ1) is 10.8. The lowest BCUT2D eigenvalue weighted by atomic mass is 10.2. The zero-order valence-corrected chi connectivity index (χ0v) is 9.49. The molecule has 0 spiro atoms. The number of aromatic amines is 1. The summed E-state index contributed by atoms with van der Waals surface area (Å²) in [6, 6.07) is 0. The zero-order chi connectivity index (χ0) is 11.4. The number of H-pyrrole nitrogens is 1. The standard InChI is InChI=1S/C11H15N5/c1-8-3-14-11(7-13-8)6-12-4-10-5-15-16-9(10)2/h3,5,7,12H,4,6H2,1-2H3,(H,15,16). The SMILES string of the molecule is Cc1cnc(CNCc2cn[nH]c2C)cn1. The molecule has 2 aromatic heterocycles. The monoisotopic (exact) mass is 217 g/mol. The number of nitrogens with one attached hydrogen (secondary N) is 2. The normalized spacial score (nSPS) is 10.6. The maximum atomic E-state index is 4.27. The molecule has 0 bridgehead atoms. The Hall–Kier alpha value is -1.75. The van der Waals surface area contributed by atoms with Gasteiger partial charge in [-0.05, 0) is 13.8 Å². The molecule has 16 heavy (non-hydrogen) atoms. The van der Waals surface area contributed by atoms with Crippen molar-refractivity contribution in [2.45, 2.75) is 26.9 Å². The Balaban J connectivity index is 1.84. The topological polar surface area (TPSA) is 66.5 Å². The van der Waals surface area contributed by atoms with Crippen molar-refractivity contribution >= 4 is 0 Å². The molecule has 0 saturated carbocycles. The molecular formula is C11H15N5. The Morgan fingerprint density at radius 1 is 1.12 bits per heavy atom. The average Bonchev–Trinajstić information content (AvgIpc) is 2.68. The molecule has 2 heterocycles. The van der Waals surface area contributed by atoms with Gasteiger partial charge in [0.2, 0.25) is 0 Å². The molecule has 0 atom stereocenters. The predicted molar refractivity (Wildman–Crippen MR) is 60.6 cm³/mol. The highest BCUT2D eigenvalue weighted by Gasteiger charge is 2.00. The van der Waals surface area contributed by atoms with Crippen molar-refractivity contribution in [2.75, 3.05) is 0 Å². The van der Waals surface area contributed by atoms with Gasteiger partial charge in [-0.3, -0.25) is 15.1 Å². The van der Waals surface area contributed by atoms with Crippen LogP contribution in [0.2, 0.25) is 0 Å². The molecule has 0 unspecified atom stereocenters. The van der Waals surface area contributed by atoms with Gasteiger partial charge < -0.3 is 5.32 Å². The maximum absolute atomic E-state index is 4.27. The first-order valence-electron chi connectivity index (χ1n) is 5.23. The summed E-state index contributed by atoms with van der Waals surface area (Å²) in [6.45, 7) is 5.45. The smallest absolute Gasteiger partial charge is 0.0724 e. The second kappa shape index (κ2) is 4.85. The van der Waals surface area contributed by atoms with Crippen LogP contribution in [0.3, 0.4) is 0 Å². The second-order valence-electron chi connectivity index (χ2n) is 3.77. The van der Waals surface area contributed by atoms with Crippen LogP contribution in [-0.4, -0.2) is 20.2 Å². The van der Waals surface area contributed by atoms with Crippen LogP contribution in [0.15, 0.2) is 18.6 Å². The van der Waals surface area contributed by atoms with E-state index in [-0.39, 0.29) is 0 Å². The van der Waals surface area contributed by atoms with E-state index in [0.717, 1.165) is 30.2 Å². The molecule has 2 aromatic rings. The van der Waals surface area contributed by atoms with Crippen LogP contribution in [0.5, 0.6) is 0 Å². The highest BCUT2D eigenvalue weighted by molar-refractivity contribution is 5.14. The average molecular weight is 217 g/mol. The van der Waals surface area contributed by atoms with E-state index < -0.39 is 0 Å². The first-order chi connectivity index (χ1) is 7.75. The minimum Gasteiger partial charge on any atom is -0.307 e. The van der Waals surface area contributed by atoms with Crippen LogP contribution in [0.25, 0.3) is 0 Å². The van der Waals surface area contributed by atoms with E-state index in [9.17, 15) is 0 Å². The van der Waals surface area contributed by atoms with Crippen molar-refractivity contribution in [3.63, 3.8) is 0 Å². The van der Waals surface area contributed by atoms with Gasteiger partial charge >= 0.3 is 0 Å². The Bertz CT molecular complexity index is 446. The predicted octanol–water partition coefficient (Wildman–Crippen LogP) is 1.11. The Morgan fingerprint density at radius 2 is 2.00 bits per heavy atom. The van der Waals surface area contributed by atoms with Crippen molar-refractivity contribution < 1.29 is 0 Å². The summed E-state index contributed by atoms with van der Waals surface area (Å²) >= 11 is 0. The van der Waals surface area contributed by atoms with Crippen LogP contribution in [0, 0.1) is 13.8 Å². The minimum absolute atomic E-state index is 0.720. The van der Waals surface area contributed by atoms with Gasteiger partial charge in [0.1, 0.15) is 0 Å². The fourth-order valence-electron chi connectivity index (χ4n) is 1.39. The molecule has 0 aliphatic carbocycles. The number of hydrogen-bond donors (Lipinski definition) is 2. The Kier molecular flexibility index (Phi) is 3.26. The lowest BCUT2D eigenvalue weighted by Gasteiger charge is -2.03. The third-order valence-electron chi connectivity index (χ3n) is 2.39. The molecule has 84 valence electrons. The number of aromatic nitrogens is 4. The van der Waals surface area contributed by atoms with Crippen molar-refractivity contribution in [3.8, 4) is 0 Å².